The van der Waals surface area contributed by atoms with Crippen molar-refractivity contribution >= 4 is 5.91 Å². The third kappa shape index (κ3) is 3.03. The van der Waals surface area contributed by atoms with Gasteiger partial charge in [0.05, 0.1) is 11.6 Å². The van der Waals surface area contributed by atoms with Crippen LogP contribution in [0.1, 0.15) is 52.9 Å². The average molecular weight is 297 g/mol. The summed E-state index contributed by atoms with van der Waals surface area (Å²) in [5.74, 6) is -0.860. The molecule has 1 aliphatic carbocycles. The molecule has 0 bridgehead atoms. The average Bonchev–Trinajstić information content (AvgIpc) is 2.54. The highest BCUT2D eigenvalue weighted by Gasteiger charge is 2.16. The minimum absolute atomic E-state index is 0.0901. The number of rotatable bonds is 3. The Hall–Kier alpha value is -2.16. The van der Waals surface area contributed by atoms with Crippen LogP contribution in [-0.2, 0) is 12.8 Å². The lowest BCUT2D eigenvalue weighted by Gasteiger charge is -2.20. The Morgan fingerprint density at radius 3 is 2.59 bits per heavy atom. The summed E-state index contributed by atoms with van der Waals surface area (Å²) in [6, 6.07) is 12.3. The van der Waals surface area contributed by atoms with Gasteiger partial charge < -0.3 is 5.32 Å². The summed E-state index contributed by atoms with van der Waals surface area (Å²) in [6.07, 6.45) is 4.74. The van der Waals surface area contributed by atoms with Crippen LogP contribution in [0.15, 0.2) is 42.5 Å². The maximum atomic E-state index is 13.7. The fourth-order valence-electron chi connectivity index (χ4n) is 3.03. The SMILES string of the molecule is C[C@@H](NC(=O)c1ccccc1F)c1ccc2c(c1)CCCC2. The van der Waals surface area contributed by atoms with Gasteiger partial charge in [0, 0.05) is 0 Å². The van der Waals surface area contributed by atoms with Crippen molar-refractivity contribution in [2.75, 3.05) is 0 Å². The Kier molecular flexibility index (Phi) is 4.23. The summed E-state index contributed by atoms with van der Waals surface area (Å²) in [5, 5.41) is 2.88. The molecule has 0 saturated heterocycles. The number of amides is 1. The Balaban J connectivity index is 1.76. The number of benzene rings is 2. The molecule has 0 fully saturated rings. The van der Waals surface area contributed by atoms with E-state index in [9.17, 15) is 9.18 Å². The molecule has 3 rings (SSSR count). The van der Waals surface area contributed by atoms with Crippen LogP contribution in [0.25, 0.3) is 0 Å². The smallest absolute Gasteiger partial charge is 0.254 e. The maximum Gasteiger partial charge on any atom is 0.254 e. The lowest BCUT2D eigenvalue weighted by atomic mass is 9.89. The number of carbonyl (C=O) groups excluding carboxylic acids is 1. The number of hydrogen-bond acceptors (Lipinski definition) is 1. The second kappa shape index (κ2) is 6.30. The van der Waals surface area contributed by atoms with Crippen molar-refractivity contribution in [1.82, 2.24) is 5.32 Å². The van der Waals surface area contributed by atoms with Crippen molar-refractivity contribution in [2.24, 2.45) is 0 Å². The van der Waals surface area contributed by atoms with Crippen molar-refractivity contribution < 1.29 is 9.18 Å². The summed E-state index contributed by atoms with van der Waals surface area (Å²) in [7, 11) is 0. The summed E-state index contributed by atoms with van der Waals surface area (Å²) in [5.41, 5.74) is 3.97. The van der Waals surface area contributed by atoms with Gasteiger partial charge in [0.15, 0.2) is 0 Å². The largest absolute Gasteiger partial charge is 0.345 e. The predicted molar refractivity (Wildman–Crippen MR) is 85.4 cm³/mol. The highest BCUT2D eigenvalue weighted by molar-refractivity contribution is 5.94. The van der Waals surface area contributed by atoms with Crippen LogP contribution >= 0.6 is 0 Å². The minimum Gasteiger partial charge on any atom is -0.345 e. The van der Waals surface area contributed by atoms with E-state index < -0.39 is 5.82 Å². The molecule has 22 heavy (non-hydrogen) atoms. The molecule has 0 unspecified atom stereocenters. The van der Waals surface area contributed by atoms with E-state index >= 15 is 0 Å². The summed E-state index contributed by atoms with van der Waals surface area (Å²) >= 11 is 0. The summed E-state index contributed by atoms with van der Waals surface area (Å²) in [4.78, 5) is 12.2. The van der Waals surface area contributed by atoms with Crippen LogP contribution < -0.4 is 5.32 Å². The van der Waals surface area contributed by atoms with Crippen LogP contribution in [0.2, 0.25) is 0 Å². The fourth-order valence-corrected chi connectivity index (χ4v) is 3.03. The van der Waals surface area contributed by atoms with Gasteiger partial charge in [-0.2, -0.15) is 0 Å². The number of nitrogens with one attached hydrogen (secondary N) is 1. The number of carbonyl (C=O) groups is 1. The molecule has 2 nitrogen and oxygen atoms in total. The van der Waals surface area contributed by atoms with E-state index in [1.165, 1.54) is 36.1 Å². The first kappa shape index (κ1) is 14.8. The van der Waals surface area contributed by atoms with Gasteiger partial charge in [-0.25, -0.2) is 4.39 Å². The molecule has 0 aliphatic heterocycles. The quantitative estimate of drug-likeness (QED) is 0.904. The molecule has 0 spiro atoms. The standard InChI is InChI=1S/C19H20FNO/c1-13(21-19(22)17-8-4-5-9-18(17)20)15-11-10-14-6-2-3-7-16(14)12-15/h4-5,8-13H,2-3,6-7H2,1H3,(H,21,22)/t13-/m1/s1. The second-order valence-electron chi connectivity index (χ2n) is 5.91. The van der Waals surface area contributed by atoms with Crippen molar-refractivity contribution in [3.63, 3.8) is 0 Å². The van der Waals surface area contributed by atoms with Crippen LogP contribution in [0.4, 0.5) is 4.39 Å². The molecule has 0 aromatic heterocycles. The number of aryl methyl sites for hydroxylation is 2. The van der Waals surface area contributed by atoms with Crippen LogP contribution in [0, 0.1) is 5.82 Å². The fraction of sp³-hybridized carbons (Fsp3) is 0.316. The Morgan fingerprint density at radius 1 is 1.09 bits per heavy atom. The highest BCUT2D eigenvalue weighted by atomic mass is 19.1. The normalized spacial score (nSPS) is 15.0. The molecule has 1 amide bonds. The van der Waals surface area contributed by atoms with Gasteiger partial charge in [-0.3, -0.25) is 4.79 Å². The maximum absolute atomic E-state index is 13.7. The van der Waals surface area contributed by atoms with Crippen LogP contribution in [0.3, 0.4) is 0 Å². The molecule has 114 valence electrons. The Bertz CT molecular complexity index is 696. The molecule has 0 heterocycles. The molecule has 1 N–H and O–H groups in total. The lowest BCUT2D eigenvalue weighted by molar-refractivity contribution is 0.0936. The van der Waals surface area contributed by atoms with E-state index in [1.54, 1.807) is 12.1 Å². The highest BCUT2D eigenvalue weighted by Crippen LogP contribution is 2.25. The van der Waals surface area contributed by atoms with Gasteiger partial charge >= 0.3 is 0 Å². The second-order valence-corrected chi connectivity index (χ2v) is 5.91. The molecule has 0 saturated carbocycles. The third-order valence-electron chi connectivity index (χ3n) is 4.34. The van der Waals surface area contributed by atoms with Crippen molar-refractivity contribution in [3.05, 3.63) is 70.5 Å². The first-order valence-corrected chi connectivity index (χ1v) is 7.82. The van der Waals surface area contributed by atoms with Crippen LogP contribution in [-0.4, -0.2) is 5.91 Å². The number of fused-ring (bicyclic) bond motifs is 1. The lowest BCUT2D eigenvalue weighted by Crippen LogP contribution is -2.27. The van der Waals surface area contributed by atoms with E-state index in [2.05, 4.69) is 23.5 Å². The zero-order chi connectivity index (χ0) is 15.5. The molecule has 0 radical (unpaired) electrons. The number of hydrogen-bond donors (Lipinski definition) is 1. The molecule has 1 atom stereocenters. The van der Waals surface area contributed by atoms with Crippen molar-refractivity contribution in [1.29, 1.82) is 0 Å². The minimum atomic E-state index is -0.488. The summed E-state index contributed by atoms with van der Waals surface area (Å²) < 4.78 is 13.7. The zero-order valence-electron chi connectivity index (χ0n) is 12.7. The van der Waals surface area contributed by atoms with Gasteiger partial charge in [-0.05, 0) is 61.4 Å². The van der Waals surface area contributed by atoms with Gasteiger partial charge in [0.1, 0.15) is 5.82 Å². The first-order valence-electron chi connectivity index (χ1n) is 7.82. The number of halogens is 1. The van der Waals surface area contributed by atoms with Gasteiger partial charge in [-0.1, -0.05) is 30.3 Å². The van der Waals surface area contributed by atoms with Gasteiger partial charge in [0.25, 0.3) is 5.91 Å². The molecule has 2 aromatic rings. The predicted octanol–water partition coefficient (Wildman–Crippen LogP) is 4.20. The van der Waals surface area contributed by atoms with Gasteiger partial charge in [-0.15, -0.1) is 0 Å². The Morgan fingerprint density at radius 2 is 1.82 bits per heavy atom. The van der Waals surface area contributed by atoms with E-state index in [4.69, 9.17) is 0 Å². The molecular weight excluding hydrogens is 277 g/mol. The molecule has 1 aliphatic rings. The molecule has 3 heteroatoms. The van der Waals surface area contributed by atoms with Crippen molar-refractivity contribution in [3.8, 4) is 0 Å². The summed E-state index contributed by atoms with van der Waals surface area (Å²) in [6.45, 7) is 1.93. The van der Waals surface area contributed by atoms with E-state index in [0.717, 1.165) is 18.4 Å². The third-order valence-corrected chi connectivity index (χ3v) is 4.34. The van der Waals surface area contributed by atoms with E-state index in [0.29, 0.717) is 0 Å². The Labute approximate surface area is 130 Å². The van der Waals surface area contributed by atoms with E-state index in [1.807, 2.05) is 6.92 Å². The first-order chi connectivity index (χ1) is 10.6. The zero-order valence-corrected chi connectivity index (χ0v) is 12.7. The van der Waals surface area contributed by atoms with E-state index in [-0.39, 0.29) is 17.5 Å². The van der Waals surface area contributed by atoms with Crippen molar-refractivity contribution in [2.45, 2.75) is 38.6 Å². The van der Waals surface area contributed by atoms with Crippen LogP contribution in [0.5, 0.6) is 0 Å². The topological polar surface area (TPSA) is 29.1 Å². The molecular formula is C19H20FNO. The van der Waals surface area contributed by atoms with Gasteiger partial charge in [0.2, 0.25) is 0 Å². The monoisotopic (exact) mass is 297 g/mol. The molecule has 2 aromatic carbocycles.